The highest BCUT2D eigenvalue weighted by Crippen LogP contribution is 2.42. The standard InChI is InChI=1S/C14H4F10O/c15-8-7(9(16)11(18)12(19)10(8)17)5-3-4(25-13(20)21)1-2-6(5)14(22,23)24/h1-3,13H. The molecule has 25 heavy (non-hydrogen) atoms. The first-order chi connectivity index (χ1) is 11.4. The zero-order valence-corrected chi connectivity index (χ0v) is 11.5. The molecular weight excluding hydrogens is 374 g/mol. The van der Waals surface area contributed by atoms with Gasteiger partial charge in [0.25, 0.3) is 0 Å². The molecule has 0 aliphatic heterocycles. The van der Waals surface area contributed by atoms with Gasteiger partial charge in [0.05, 0.1) is 11.1 Å². The summed E-state index contributed by atoms with van der Waals surface area (Å²) in [6.45, 7) is -3.50. The van der Waals surface area contributed by atoms with Crippen molar-refractivity contribution < 1.29 is 48.6 Å². The Kier molecular flexibility index (Phi) is 4.87. The summed E-state index contributed by atoms with van der Waals surface area (Å²) in [5, 5.41) is 0. The number of benzene rings is 2. The fraction of sp³-hybridized carbons (Fsp3) is 0.143. The minimum atomic E-state index is -5.28. The first kappa shape index (κ1) is 18.9. The van der Waals surface area contributed by atoms with E-state index in [1.165, 1.54) is 0 Å². The van der Waals surface area contributed by atoms with Crippen molar-refractivity contribution in [3.8, 4) is 16.9 Å². The summed E-state index contributed by atoms with van der Waals surface area (Å²) in [6, 6.07) is 0.628. The predicted molar refractivity (Wildman–Crippen MR) is 63.3 cm³/mol. The molecule has 0 bridgehead atoms. The Balaban J connectivity index is 2.85. The van der Waals surface area contributed by atoms with Crippen LogP contribution in [0.4, 0.5) is 43.9 Å². The van der Waals surface area contributed by atoms with Crippen LogP contribution in [0.25, 0.3) is 11.1 Å². The van der Waals surface area contributed by atoms with Crippen molar-refractivity contribution in [1.29, 1.82) is 0 Å². The monoisotopic (exact) mass is 378 g/mol. The molecule has 0 radical (unpaired) electrons. The molecule has 0 fully saturated rings. The van der Waals surface area contributed by atoms with Gasteiger partial charge in [-0.1, -0.05) is 0 Å². The summed E-state index contributed by atoms with van der Waals surface area (Å²) in [5.74, 6) is -13.6. The van der Waals surface area contributed by atoms with Crippen molar-refractivity contribution in [3.63, 3.8) is 0 Å². The van der Waals surface area contributed by atoms with Gasteiger partial charge in [0, 0.05) is 5.56 Å². The van der Waals surface area contributed by atoms with Crippen molar-refractivity contribution in [2.45, 2.75) is 12.8 Å². The Hall–Kier alpha value is -2.46. The molecular formula is C14H4F10O. The summed E-state index contributed by atoms with van der Waals surface area (Å²) in [5.41, 5.74) is -5.26. The highest BCUT2D eigenvalue weighted by atomic mass is 19.4. The second-order valence-electron chi connectivity index (χ2n) is 4.53. The van der Waals surface area contributed by atoms with Crippen LogP contribution < -0.4 is 4.74 Å². The smallest absolute Gasteiger partial charge is 0.417 e. The van der Waals surface area contributed by atoms with Gasteiger partial charge < -0.3 is 4.74 Å². The number of hydrogen-bond acceptors (Lipinski definition) is 1. The number of ether oxygens (including phenoxy) is 1. The molecule has 1 nitrogen and oxygen atoms in total. The zero-order chi connectivity index (χ0) is 19.1. The van der Waals surface area contributed by atoms with E-state index < -0.39 is 64.3 Å². The van der Waals surface area contributed by atoms with Crippen molar-refractivity contribution in [1.82, 2.24) is 0 Å². The molecule has 0 spiro atoms. The molecule has 0 atom stereocenters. The third-order valence-corrected chi connectivity index (χ3v) is 3.00. The van der Waals surface area contributed by atoms with Crippen LogP contribution in [-0.2, 0) is 6.18 Å². The summed E-state index contributed by atoms with van der Waals surface area (Å²) >= 11 is 0. The third kappa shape index (κ3) is 3.49. The van der Waals surface area contributed by atoms with Gasteiger partial charge in [-0.2, -0.15) is 22.0 Å². The average Bonchev–Trinajstić information content (AvgIpc) is 2.50. The number of rotatable bonds is 3. The Morgan fingerprint density at radius 2 is 1.24 bits per heavy atom. The second kappa shape index (κ2) is 6.45. The minimum Gasteiger partial charge on any atom is -0.435 e. The Morgan fingerprint density at radius 1 is 0.760 bits per heavy atom. The molecule has 0 saturated heterocycles. The van der Waals surface area contributed by atoms with Gasteiger partial charge in [0.1, 0.15) is 5.75 Å². The Labute approximate surface area is 132 Å². The topological polar surface area (TPSA) is 9.23 Å². The van der Waals surface area contributed by atoms with E-state index in [2.05, 4.69) is 4.74 Å². The number of hydrogen-bond donors (Lipinski definition) is 0. The first-order valence-corrected chi connectivity index (χ1v) is 6.13. The molecule has 2 aromatic rings. The van der Waals surface area contributed by atoms with Crippen LogP contribution in [0.1, 0.15) is 5.56 Å². The van der Waals surface area contributed by atoms with E-state index in [1.54, 1.807) is 0 Å². The first-order valence-electron chi connectivity index (χ1n) is 6.13. The van der Waals surface area contributed by atoms with E-state index in [0.29, 0.717) is 6.07 Å². The average molecular weight is 378 g/mol. The molecule has 0 N–H and O–H groups in total. The van der Waals surface area contributed by atoms with Crippen LogP contribution in [0.5, 0.6) is 5.75 Å². The van der Waals surface area contributed by atoms with Gasteiger partial charge in [-0.15, -0.1) is 0 Å². The molecule has 0 unspecified atom stereocenters. The van der Waals surface area contributed by atoms with Crippen LogP contribution >= 0.6 is 0 Å². The molecule has 0 heterocycles. The van der Waals surface area contributed by atoms with Gasteiger partial charge in [-0.25, -0.2) is 22.0 Å². The van der Waals surface area contributed by atoms with Gasteiger partial charge in [-0.3, -0.25) is 0 Å². The second-order valence-corrected chi connectivity index (χ2v) is 4.53. The lowest BCUT2D eigenvalue weighted by Crippen LogP contribution is -2.11. The molecule has 2 rings (SSSR count). The quantitative estimate of drug-likeness (QED) is 0.380. The normalized spacial score (nSPS) is 12.0. The van der Waals surface area contributed by atoms with Crippen molar-refractivity contribution >= 4 is 0 Å². The van der Waals surface area contributed by atoms with Gasteiger partial charge >= 0.3 is 12.8 Å². The number of alkyl halides is 5. The molecule has 0 amide bonds. The maximum atomic E-state index is 13.8. The minimum absolute atomic E-state index is 0.104. The van der Waals surface area contributed by atoms with Gasteiger partial charge in [-0.05, 0) is 18.2 Å². The van der Waals surface area contributed by atoms with E-state index in [0.717, 1.165) is 0 Å². The van der Waals surface area contributed by atoms with Gasteiger partial charge in [0.15, 0.2) is 23.3 Å². The van der Waals surface area contributed by atoms with Crippen LogP contribution in [0.3, 0.4) is 0 Å². The largest absolute Gasteiger partial charge is 0.435 e. The fourth-order valence-electron chi connectivity index (χ4n) is 1.99. The summed E-state index contributed by atoms with van der Waals surface area (Å²) in [7, 11) is 0. The summed E-state index contributed by atoms with van der Waals surface area (Å²) in [6.07, 6.45) is -5.28. The van der Waals surface area contributed by atoms with Crippen LogP contribution in [0, 0.1) is 29.1 Å². The van der Waals surface area contributed by atoms with E-state index in [9.17, 15) is 43.9 Å². The highest BCUT2D eigenvalue weighted by molar-refractivity contribution is 5.71. The zero-order valence-electron chi connectivity index (χ0n) is 11.5. The van der Waals surface area contributed by atoms with E-state index in [4.69, 9.17) is 0 Å². The van der Waals surface area contributed by atoms with Crippen molar-refractivity contribution in [2.24, 2.45) is 0 Å². The van der Waals surface area contributed by atoms with Crippen molar-refractivity contribution in [3.05, 3.63) is 52.8 Å². The molecule has 0 saturated carbocycles. The van der Waals surface area contributed by atoms with Gasteiger partial charge in [0.2, 0.25) is 5.82 Å². The van der Waals surface area contributed by atoms with Crippen molar-refractivity contribution in [2.75, 3.05) is 0 Å². The van der Waals surface area contributed by atoms with E-state index in [-0.39, 0.29) is 12.1 Å². The van der Waals surface area contributed by atoms with E-state index >= 15 is 0 Å². The maximum absolute atomic E-state index is 13.8. The van der Waals surface area contributed by atoms with Crippen LogP contribution in [0.2, 0.25) is 0 Å². The lowest BCUT2D eigenvalue weighted by atomic mass is 9.97. The molecule has 0 aromatic heterocycles. The molecule has 2 aromatic carbocycles. The molecule has 11 heteroatoms. The predicted octanol–water partition coefficient (Wildman–Crippen LogP) is 5.67. The highest BCUT2D eigenvalue weighted by Gasteiger charge is 2.37. The SMILES string of the molecule is Fc1c(F)c(F)c(-c2cc(OC(F)F)ccc2C(F)(F)F)c(F)c1F. The maximum Gasteiger partial charge on any atom is 0.417 e. The lowest BCUT2D eigenvalue weighted by molar-refractivity contribution is -0.137. The Bertz CT molecular complexity index is 783. The Morgan fingerprint density at radius 3 is 1.68 bits per heavy atom. The fourth-order valence-corrected chi connectivity index (χ4v) is 1.99. The molecule has 136 valence electrons. The summed E-state index contributed by atoms with van der Waals surface area (Å²) in [4.78, 5) is 0. The molecule has 0 aliphatic rings. The van der Waals surface area contributed by atoms with Crippen LogP contribution in [0.15, 0.2) is 18.2 Å². The number of halogens is 10. The lowest BCUT2D eigenvalue weighted by Gasteiger charge is -2.16. The van der Waals surface area contributed by atoms with Crippen LogP contribution in [-0.4, -0.2) is 6.61 Å². The third-order valence-electron chi connectivity index (χ3n) is 3.00. The molecule has 0 aliphatic carbocycles. The summed E-state index contributed by atoms with van der Waals surface area (Å²) < 4.78 is 134. The van der Waals surface area contributed by atoms with E-state index in [1.807, 2.05) is 0 Å².